The van der Waals surface area contributed by atoms with Crippen LogP contribution in [0.3, 0.4) is 0 Å². The van der Waals surface area contributed by atoms with Crippen LogP contribution >= 0.6 is 27.3 Å². The number of nitrogens with one attached hydrogen (secondary N) is 1. The third kappa shape index (κ3) is 4.46. The molecular formula is C23H21BrN2O3S2. The lowest BCUT2D eigenvalue weighted by molar-refractivity contribution is 0.430. The van der Waals surface area contributed by atoms with Crippen LogP contribution in [0.2, 0.25) is 0 Å². The fraction of sp³-hybridized carbons (Fsp3) is 0.174. The van der Waals surface area contributed by atoms with E-state index in [-0.39, 0.29) is 10.1 Å². The van der Waals surface area contributed by atoms with Gasteiger partial charge in [-0.15, -0.1) is 11.3 Å². The zero-order valence-electron chi connectivity index (χ0n) is 17.3. The maximum atomic E-state index is 13.3. The van der Waals surface area contributed by atoms with E-state index in [2.05, 4.69) is 25.8 Å². The first-order chi connectivity index (χ1) is 14.8. The van der Waals surface area contributed by atoms with Crippen molar-refractivity contribution in [3.63, 3.8) is 0 Å². The number of halogens is 1. The van der Waals surface area contributed by atoms with Crippen molar-refractivity contribution in [1.82, 2.24) is 5.16 Å². The molecule has 2 aromatic heterocycles. The monoisotopic (exact) mass is 516 g/mol. The van der Waals surface area contributed by atoms with Gasteiger partial charge in [0.1, 0.15) is 8.68 Å². The van der Waals surface area contributed by atoms with E-state index in [0.717, 1.165) is 33.4 Å². The Morgan fingerprint density at radius 3 is 2.39 bits per heavy atom. The van der Waals surface area contributed by atoms with Gasteiger partial charge >= 0.3 is 0 Å². The fourth-order valence-corrected chi connectivity index (χ4v) is 6.31. The topological polar surface area (TPSA) is 72.2 Å². The average Bonchev–Trinajstić information content (AvgIpc) is 3.29. The zero-order chi connectivity index (χ0) is 22.2. The number of aryl methyl sites for hydroxylation is 3. The Bertz CT molecular complexity index is 1340. The van der Waals surface area contributed by atoms with Crippen molar-refractivity contribution in [2.45, 2.75) is 31.4 Å². The van der Waals surface area contributed by atoms with E-state index in [1.165, 1.54) is 11.3 Å². The highest BCUT2D eigenvalue weighted by Crippen LogP contribution is 2.39. The molecule has 0 aliphatic carbocycles. The van der Waals surface area contributed by atoms with Crippen molar-refractivity contribution in [3.8, 4) is 11.1 Å². The molecule has 0 radical (unpaired) electrons. The molecule has 0 fully saturated rings. The van der Waals surface area contributed by atoms with E-state index in [1.54, 1.807) is 6.92 Å². The van der Waals surface area contributed by atoms with Crippen molar-refractivity contribution in [3.05, 3.63) is 86.3 Å². The Morgan fingerprint density at radius 1 is 1.03 bits per heavy atom. The summed E-state index contributed by atoms with van der Waals surface area (Å²) in [6.07, 6.45) is 0.500. The molecule has 160 valence electrons. The number of nitrogens with zero attached hydrogens (tertiary/aromatic N) is 1. The van der Waals surface area contributed by atoms with Crippen LogP contribution < -0.4 is 4.72 Å². The lowest BCUT2D eigenvalue weighted by Crippen LogP contribution is -2.13. The van der Waals surface area contributed by atoms with Gasteiger partial charge in [0.05, 0.1) is 5.69 Å². The predicted molar refractivity (Wildman–Crippen MR) is 128 cm³/mol. The first-order valence-electron chi connectivity index (χ1n) is 9.63. The molecule has 0 amide bonds. The van der Waals surface area contributed by atoms with Crippen LogP contribution in [0.1, 0.15) is 27.9 Å². The second-order valence-electron chi connectivity index (χ2n) is 7.41. The molecule has 5 nitrogen and oxygen atoms in total. The van der Waals surface area contributed by atoms with Gasteiger partial charge in [0.15, 0.2) is 0 Å². The molecule has 0 saturated heterocycles. The Morgan fingerprint density at radius 2 is 1.74 bits per heavy atom. The standard InChI is InChI=1S/C23H21BrN2O3S2/c1-14-8-10-17(11-9-14)12-19-20(18-7-5-4-6-15(18)2)13-30-23(19)31(27,28)26-22-21(24)16(3)25-29-22/h4-11,13,26H,12H2,1-3H3. The Kier molecular flexibility index (Phi) is 6.05. The summed E-state index contributed by atoms with van der Waals surface area (Å²) in [6, 6.07) is 16.2. The molecule has 0 atom stereocenters. The molecule has 4 aromatic rings. The molecule has 4 rings (SSSR count). The van der Waals surface area contributed by atoms with Crippen LogP contribution in [-0.2, 0) is 16.4 Å². The smallest absolute Gasteiger partial charge is 0.274 e. The second-order valence-corrected chi connectivity index (χ2v) is 11.0. The van der Waals surface area contributed by atoms with E-state index in [9.17, 15) is 8.42 Å². The van der Waals surface area contributed by atoms with E-state index in [0.29, 0.717) is 16.6 Å². The Hall–Kier alpha value is -2.42. The number of thiophene rings is 1. The van der Waals surface area contributed by atoms with Gasteiger partial charge in [-0.3, -0.25) is 0 Å². The number of hydrogen-bond donors (Lipinski definition) is 1. The molecule has 31 heavy (non-hydrogen) atoms. The molecule has 2 heterocycles. The van der Waals surface area contributed by atoms with Gasteiger partial charge in [-0.05, 0) is 64.5 Å². The summed E-state index contributed by atoms with van der Waals surface area (Å²) in [7, 11) is -3.88. The van der Waals surface area contributed by atoms with Gasteiger partial charge < -0.3 is 4.52 Å². The third-order valence-corrected chi connectivity index (χ3v) is 8.94. The molecular weight excluding hydrogens is 496 g/mol. The number of hydrogen-bond acceptors (Lipinski definition) is 5. The minimum atomic E-state index is -3.88. The predicted octanol–water partition coefficient (Wildman–Crippen LogP) is 6.48. The van der Waals surface area contributed by atoms with Gasteiger partial charge in [0.25, 0.3) is 15.9 Å². The number of anilines is 1. The number of rotatable bonds is 6. The highest BCUT2D eigenvalue weighted by molar-refractivity contribution is 9.10. The highest BCUT2D eigenvalue weighted by Gasteiger charge is 2.27. The first-order valence-corrected chi connectivity index (χ1v) is 12.8. The normalized spacial score (nSPS) is 11.6. The summed E-state index contributed by atoms with van der Waals surface area (Å²) >= 11 is 4.54. The van der Waals surface area contributed by atoms with Crippen LogP contribution in [0.25, 0.3) is 11.1 Å². The highest BCUT2D eigenvalue weighted by atomic mass is 79.9. The summed E-state index contributed by atoms with van der Waals surface area (Å²) in [5.74, 6) is 0.0737. The Balaban J connectivity index is 1.83. The van der Waals surface area contributed by atoms with Crippen LogP contribution in [0.4, 0.5) is 5.88 Å². The minimum Gasteiger partial charge on any atom is -0.336 e. The summed E-state index contributed by atoms with van der Waals surface area (Å²) in [6.45, 7) is 5.79. The number of benzene rings is 2. The van der Waals surface area contributed by atoms with Crippen molar-refractivity contribution in [2.24, 2.45) is 0 Å². The number of aromatic nitrogens is 1. The van der Waals surface area contributed by atoms with E-state index < -0.39 is 10.0 Å². The maximum Gasteiger partial charge on any atom is 0.274 e. The van der Waals surface area contributed by atoms with Crippen molar-refractivity contribution >= 4 is 43.2 Å². The average molecular weight is 517 g/mol. The molecule has 0 saturated carbocycles. The Labute approximate surface area is 194 Å². The molecule has 0 aliphatic heterocycles. The third-order valence-electron chi connectivity index (χ3n) is 5.05. The molecule has 8 heteroatoms. The molecule has 1 N–H and O–H groups in total. The van der Waals surface area contributed by atoms with Gasteiger partial charge in [-0.25, -0.2) is 13.1 Å². The van der Waals surface area contributed by atoms with Gasteiger partial charge in [-0.2, -0.15) is 0 Å². The largest absolute Gasteiger partial charge is 0.336 e. The zero-order valence-corrected chi connectivity index (χ0v) is 20.5. The second kappa shape index (κ2) is 8.61. The van der Waals surface area contributed by atoms with Gasteiger partial charge in [0, 0.05) is 11.8 Å². The maximum absolute atomic E-state index is 13.3. The molecule has 2 aromatic carbocycles. The summed E-state index contributed by atoms with van der Waals surface area (Å²) in [5.41, 5.74) is 6.60. The van der Waals surface area contributed by atoms with Crippen LogP contribution in [0.5, 0.6) is 0 Å². The summed E-state index contributed by atoms with van der Waals surface area (Å²) < 4.78 is 35.2. The SMILES string of the molecule is Cc1ccc(Cc2c(-c3ccccc3C)csc2S(=O)(=O)Nc2onc(C)c2Br)cc1. The fourth-order valence-electron chi connectivity index (χ4n) is 3.36. The summed E-state index contributed by atoms with van der Waals surface area (Å²) in [5, 5.41) is 5.73. The van der Waals surface area contributed by atoms with E-state index in [1.807, 2.05) is 67.8 Å². The molecule has 0 spiro atoms. The lowest BCUT2D eigenvalue weighted by Gasteiger charge is -2.11. The van der Waals surface area contributed by atoms with Crippen LogP contribution in [0.15, 0.2) is 67.1 Å². The molecule has 0 aliphatic rings. The summed E-state index contributed by atoms with van der Waals surface area (Å²) in [4.78, 5) is 0. The van der Waals surface area contributed by atoms with E-state index >= 15 is 0 Å². The van der Waals surface area contributed by atoms with Crippen molar-refractivity contribution in [2.75, 3.05) is 4.72 Å². The van der Waals surface area contributed by atoms with Crippen LogP contribution in [0, 0.1) is 20.8 Å². The minimum absolute atomic E-state index is 0.0737. The first kappa shape index (κ1) is 21.8. The quantitative estimate of drug-likeness (QED) is 0.318. The molecule has 0 unspecified atom stereocenters. The molecule has 0 bridgehead atoms. The van der Waals surface area contributed by atoms with Crippen LogP contribution in [-0.4, -0.2) is 13.6 Å². The van der Waals surface area contributed by atoms with Crippen molar-refractivity contribution < 1.29 is 12.9 Å². The van der Waals surface area contributed by atoms with E-state index in [4.69, 9.17) is 4.52 Å². The van der Waals surface area contributed by atoms with Gasteiger partial charge in [-0.1, -0.05) is 59.3 Å². The number of sulfonamides is 1. The van der Waals surface area contributed by atoms with Gasteiger partial charge in [0.2, 0.25) is 0 Å². The lowest BCUT2D eigenvalue weighted by atomic mass is 9.96. The van der Waals surface area contributed by atoms with Crippen molar-refractivity contribution in [1.29, 1.82) is 0 Å².